The summed E-state index contributed by atoms with van der Waals surface area (Å²) in [6, 6.07) is 0. The number of rotatable bonds is 1. The largest absolute Gasteiger partial charge is 0.360 e. The number of hydrogen-bond acceptors (Lipinski definition) is 4. The fraction of sp³-hybridized carbons (Fsp3) is 0.800. The predicted octanol–water partition coefficient (Wildman–Crippen LogP) is 0.0223. The van der Waals surface area contributed by atoms with Gasteiger partial charge in [-0.3, -0.25) is 10.0 Å². The third-order valence-electron chi connectivity index (χ3n) is 1.29. The summed E-state index contributed by atoms with van der Waals surface area (Å²) in [6.07, 6.45) is 1.42. The van der Waals surface area contributed by atoms with Gasteiger partial charge in [0.05, 0.1) is 6.35 Å². The topological polar surface area (TPSA) is 53.0 Å². The maximum absolute atomic E-state index is 10.6. The van der Waals surface area contributed by atoms with Crippen molar-refractivity contribution in [2.75, 3.05) is 19.4 Å². The zero-order valence-electron chi connectivity index (χ0n) is 6.28. The number of nitrogens with zero attached hydrogens (tertiary/aromatic N) is 2. The minimum Gasteiger partial charge on any atom is -0.360 e. The molecule has 11 heavy (non-hydrogen) atoms. The lowest BCUT2D eigenvalue weighted by atomic mass is 10.7. The molecule has 0 aliphatic carbocycles. The molecule has 0 radical (unpaired) electrons. The van der Waals surface area contributed by atoms with Gasteiger partial charge in [0.2, 0.25) is 0 Å². The molecule has 1 amide bonds. The first-order valence-electron chi connectivity index (χ1n) is 3.24. The lowest BCUT2D eigenvalue weighted by molar-refractivity contribution is -0.251. The number of amides is 1. The minimum atomic E-state index is -0.389. The number of hydroxylamine groups is 1. The van der Waals surface area contributed by atoms with Crippen LogP contribution in [0.5, 0.6) is 0 Å². The second kappa shape index (κ2) is 3.97. The summed E-state index contributed by atoms with van der Waals surface area (Å²) < 4.78 is 5.04. The highest BCUT2D eigenvalue weighted by Gasteiger charge is 2.18. The number of hydrogen-bond donors (Lipinski definition) is 1. The van der Waals surface area contributed by atoms with E-state index >= 15 is 0 Å². The summed E-state index contributed by atoms with van der Waals surface area (Å²) in [5, 5.41) is 11.2. The van der Waals surface area contributed by atoms with Gasteiger partial charge in [-0.05, 0) is 0 Å². The summed E-state index contributed by atoms with van der Waals surface area (Å²) >= 11 is 0. The Morgan fingerprint density at radius 2 is 2.55 bits per heavy atom. The number of ether oxygens (including phenoxy) is 1. The Morgan fingerprint density at radius 3 is 3.00 bits per heavy atom. The van der Waals surface area contributed by atoms with E-state index in [1.54, 1.807) is 0 Å². The third kappa shape index (κ3) is 2.38. The Bertz CT molecular complexity index is 149. The van der Waals surface area contributed by atoms with Gasteiger partial charge in [-0.1, -0.05) is 8.58 Å². The van der Waals surface area contributed by atoms with Crippen molar-refractivity contribution in [1.82, 2.24) is 10.2 Å². The molecule has 1 N–H and O–H groups in total. The van der Waals surface area contributed by atoms with E-state index in [0.29, 0.717) is 26.8 Å². The van der Waals surface area contributed by atoms with E-state index in [1.807, 2.05) is 0 Å². The average molecular weight is 178 g/mol. The van der Waals surface area contributed by atoms with Crippen molar-refractivity contribution in [3.8, 4) is 0 Å². The van der Waals surface area contributed by atoms with Crippen molar-refractivity contribution in [2.24, 2.45) is 0 Å². The van der Waals surface area contributed by atoms with Crippen molar-refractivity contribution in [3.63, 3.8) is 0 Å². The van der Waals surface area contributed by atoms with Crippen LogP contribution in [-0.2, 0) is 9.53 Å². The van der Waals surface area contributed by atoms with Crippen molar-refractivity contribution < 1.29 is 14.7 Å². The van der Waals surface area contributed by atoms with Crippen molar-refractivity contribution >= 4 is 14.5 Å². The number of carbonyl (C=O) groups is 1. The van der Waals surface area contributed by atoms with Gasteiger partial charge in [-0.25, -0.2) is 0 Å². The van der Waals surface area contributed by atoms with Gasteiger partial charge < -0.3 is 4.74 Å². The van der Waals surface area contributed by atoms with Crippen LogP contribution in [0.4, 0.5) is 0 Å². The van der Waals surface area contributed by atoms with Crippen LogP contribution in [0.2, 0.25) is 0 Å². The summed E-state index contributed by atoms with van der Waals surface area (Å²) in [6.45, 7) is 1.60. The molecule has 64 valence electrons. The highest BCUT2D eigenvalue weighted by Crippen LogP contribution is 2.18. The van der Waals surface area contributed by atoms with Gasteiger partial charge in [0.1, 0.15) is 6.73 Å². The van der Waals surface area contributed by atoms with E-state index < -0.39 is 0 Å². The molecule has 0 bridgehead atoms. The zero-order valence-corrected chi connectivity index (χ0v) is 7.28. The molecular weight excluding hydrogens is 167 g/mol. The summed E-state index contributed by atoms with van der Waals surface area (Å²) in [7, 11) is 0.617. The zero-order chi connectivity index (χ0) is 8.27. The van der Waals surface area contributed by atoms with Crippen LogP contribution < -0.4 is 0 Å². The molecule has 1 heterocycles. The molecule has 6 heteroatoms. The fourth-order valence-electron chi connectivity index (χ4n) is 0.764. The van der Waals surface area contributed by atoms with Crippen LogP contribution >= 0.6 is 8.58 Å². The second-order valence-corrected chi connectivity index (χ2v) is 3.31. The summed E-state index contributed by atoms with van der Waals surface area (Å²) in [4.78, 5) is 10.6. The molecule has 1 aliphatic rings. The molecule has 0 spiro atoms. The van der Waals surface area contributed by atoms with Gasteiger partial charge in [0.25, 0.3) is 5.91 Å². The fourth-order valence-corrected chi connectivity index (χ4v) is 1.57. The van der Waals surface area contributed by atoms with E-state index in [9.17, 15) is 4.79 Å². The van der Waals surface area contributed by atoms with Crippen LogP contribution in [0.3, 0.4) is 0 Å². The first-order valence-corrected chi connectivity index (χ1v) is 4.66. The van der Waals surface area contributed by atoms with Crippen LogP contribution in [0.1, 0.15) is 6.92 Å². The Balaban J connectivity index is 2.38. The SMILES string of the molecule is CC(=O)N(O)N1COCPC1. The molecule has 1 rings (SSSR count). The van der Waals surface area contributed by atoms with Gasteiger partial charge in [0.15, 0.2) is 0 Å². The monoisotopic (exact) mass is 178 g/mol. The quantitative estimate of drug-likeness (QED) is 0.349. The Hall–Kier alpha value is -0.220. The van der Waals surface area contributed by atoms with E-state index in [0.717, 1.165) is 6.35 Å². The molecule has 1 atom stereocenters. The first kappa shape index (κ1) is 8.87. The summed E-state index contributed by atoms with van der Waals surface area (Å²) in [5.41, 5.74) is 0. The second-order valence-electron chi connectivity index (χ2n) is 2.20. The third-order valence-corrected chi connectivity index (χ3v) is 2.29. The van der Waals surface area contributed by atoms with E-state index in [2.05, 4.69) is 0 Å². The van der Waals surface area contributed by atoms with Crippen molar-refractivity contribution in [2.45, 2.75) is 6.92 Å². The van der Waals surface area contributed by atoms with E-state index in [1.165, 1.54) is 11.9 Å². The summed E-state index contributed by atoms with van der Waals surface area (Å²) in [5.74, 6) is -0.389. The van der Waals surface area contributed by atoms with Gasteiger partial charge >= 0.3 is 0 Å². The van der Waals surface area contributed by atoms with Gasteiger partial charge in [-0.2, -0.15) is 5.01 Å². The molecule has 5 nitrogen and oxygen atoms in total. The van der Waals surface area contributed by atoms with Gasteiger partial charge in [-0.15, -0.1) is 5.17 Å². The number of hydrazine groups is 1. The molecule has 1 aliphatic heterocycles. The Morgan fingerprint density at radius 1 is 1.82 bits per heavy atom. The molecule has 0 aromatic heterocycles. The molecule has 0 saturated carbocycles. The molecule has 1 fully saturated rings. The maximum Gasteiger partial charge on any atom is 0.258 e. The Kier molecular flexibility index (Phi) is 3.20. The van der Waals surface area contributed by atoms with Crippen molar-refractivity contribution in [1.29, 1.82) is 0 Å². The van der Waals surface area contributed by atoms with Gasteiger partial charge in [0, 0.05) is 13.2 Å². The Labute approximate surface area is 66.6 Å². The van der Waals surface area contributed by atoms with E-state index in [-0.39, 0.29) is 5.91 Å². The molecule has 0 aromatic rings. The van der Waals surface area contributed by atoms with Crippen molar-refractivity contribution in [3.05, 3.63) is 0 Å². The van der Waals surface area contributed by atoms with Crippen LogP contribution in [0.25, 0.3) is 0 Å². The van der Waals surface area contributed by atoms with Crippen LogP contribution in [0, 0.1) is 0 Å². The first-order chi connectivity index (χ1) is 5.22. The molecule has 1 unspecified atom stereocenters. The highest BCUT2D eigenvalue weighted by atomic mass is 31.1. The smallest absolute Gasteiger partial charge is 0.258 e. The number of carbonyl (C=O) groups excluding carboxylic acids is 1. The van der Waals surface area contributed by atoms with Crippen LogP contribution in [0.15, 0.2) is 0 Å². The van der Waals surface area contributed by atoms with Crippen LogP contribution in [-0.4, -0.2) is 40.7 Å². The molecular formula is C5H11N2O3P. The maximum atomic E-state index is 10.6. The highest BCUT2D eigenvalue weighted by molar-refractivity contribution is 7.37. The molecule has 0 aromatic carbocycles. The standard InChI is InChI=1S/C5H11N2O3P/c1-5(8)7(9)6-2-10-4-11-3-6/h9,11H,2-4H2,1H3. The minimum absolute atomic E-state index is 0.295. The average Bonchev–Trinajstić information content (AvgIpc) is 2.05. The predicted molar refractivity (Wildman–Crippen MR) is 40.1 cm³/mol. The van der Waals surface area contributed by atoms with E-state index in [4.69, 9.17) is 9.94 Å². The lowest BCUT2D eigenvalue weighted by Gasteiger charge is -2.31. The molecule has 1 saturated heterocycles. The normalized spacial score (nSPS) is 22.0. The lowest BCUT2D eigenvalue weighted by Crippen LogP contribution is -2.45.